The van der Waals surface area contributed by atoms with Crippen LogP contribution in [0, 0.1) is 0 Å². The number of H-pyrrole nitrogens is 1. The molecule has 3 rings (SSSR count). The average Bonchev–Trinajstić information content (AvgIpc) is 2.65. The van der Waals surface area contributed by atoms with Crippen LogP contribution >= 0.6 is 0 Å². The largest absolute Gasteiger partial charge is 0.364 e. The van der Waals surface area contributed by atoms with Crippen LogP contribution in [0.25, 0.3) is 11.1 Å². The van der Waals surface area contributed by atoms with Gasteiger partial charge in [-0.25, -0.2) is 0 Å². The van der Waals surface area contributed by atoms with Crippen molar-refractivity contribution in [2.75, 3.05) is 0 Å². The molecule has 1 aliphatic rings. The maximum atomic E-state index is 4.13. The highest BCUT2D eigenvalue weighted by atomic mass is 15.1. The third-order valence-corrected chi connectivity index (χ3v) is 2.53. The normalized spacial score (nSPS) is 13.5. The van der Waals surface area contributed by atoms with Gasteiger partial charge in [-0.05, 0) is 25.0 Å². The van der Waals surface area contributed by atoms with Crippen molar-refractivity contribution in [3.8, 4) is 11.1 Å². The van der Waals surface area contributed by atoms with Crippen molar-refractivity contribution >= 4 is 0 Å². The fourth-order valence-corrected chi connectivity index (χ4v) is 1.90. The van der Waals surface area contributed by atoms with Gasteiger partial charge in [-0.3, -0.25) is 0 Å². The zero-order valence-electron chi connectivity index (χ0n) is 7.12. The lowest BCUT2D eigenvalue weighted by molar-refractivity contribution is 0.831. The van der Waals surface area contributed by atoms with Crippen LogP contribution in [0.1, 0.15) is 11.4 Å². The Balaban J connectivity index is 2.30. The Morgan fingerprint density at radius 1 is 1.15 bits per heavy atom. The van der Waals surface area contributed by atoms with E-state index >= 15 is 0 Å². The summed E-state index contributed by atoms with van der Waals surface area (Å²) >= 11 is 0. The van der Waals surface area contributed by atoms with Crippen LogP contribution in [0.5, 0.6) is 0 Å². The van der Waals surface area contributed by atoms with Gasteiger partial charge in [0.05, 0.1) is 11.9 Å². The van der Waals surface area contributed by atoms with Gasteiger partial charge in [-0.1, -0.05) is 0 Å². The van der Waals surface area contributed by atoms with E-state index in [-0.39, 0.29) is 0 Å². The lowest BCUT2D eigenvalue weighted by Gasteiger charge is -2.13. The number of nitrogens with one attached hydrogen (secondary N) is 1. The Kier molecular flexibility index (Phi) is 1.27. The molecule has 2 aromatic rings. The Hall–Kier alpha value is -1.64. The molecule has 1 N–H and O–H groups in total. The molecule has 3 nitrogen and oxygen atoms in total. The fraction of sp³-hybridized carbons (Fsp3) is 0.200. The summed E-state index contributed by atoms with van der Waals surface area (Å²) in [6, 6.07) is 4.14. The number of nitrogens with zero attached hydrogens (tertiary/aromatic N) is 2. The van der Waals surface area contributed by atoms with Gasteiger partial charge >= 0.3 is 0 Å². The molecule has 0 saturated carbocycles. The van der Waals surface area contributed by atoms with Crippen LogP contribution in [-0.2, 0) is 12.8 Å². The second-order valence-electron chi connectivity index (χ2n) is 3.26. The van der Waals surface area contributed by atoms with E-state index in [1.807, 2.05) is 12.3 Å². The Labute approximate surface area is 75.8 Å². The Morgan fingerprint density at radius 2 is 2.15 bits per heavy atom. The van der Waals surface area contributed by atoms with E-state index in [9.17, 15) is 0 Å². The van der Waals surface area contributed by atoms with E-state index in [0.717, 1.165) is 18.5 Å². The van der Waals surface area contributed by atoms with Gasteiger partial charge in [0.1, 0.15) is 0 Å². The number of rotatable bonds is 0. The monoisotopic (exact) mass is 171 g/mol. The molecule has 0 spiro atoms. The highest BCUT2D eigenvalue weighted by Gasteiger charge is 2.17. The maximum absolute atomic E-state index is 4.13. The molecule has 3 heteroatoms. The number of aryl methyl sites for hydroxylation is 2. The number of aromatic amines is 1. The first-order chi connectivity index (χ1) is 6.45. The molecule has 13 heavy (non-hydrogen) atoms. The molecular formula is C10H9N3. The summed E-state index contributed by atoms with van der Waals surface area (Å²) in [6.07, 6.45) is 5.78. The van der Waals surface area contributed by atoms with E-state index in [4.69, 9.17) is 0 Å². The summed E-state index contributed by atoms with van der Waals surface area (Å²) in [6.45, 7) is 0. The van der Waals surface area contributed by atoms with Crippen molar-refractivity contribution in [3.63, 3.8) is 0 Å². The highest BCUT2D eigenvalue weighted by Crippen LogP contribution is 2.30. The summed E-state index contributed by atoms with van der Waals surface area (Å²) in [7, 11) is 0. The summed E-state index contributed by atoms with van der Waals surface area (Å²) < 4.78 is 0. The van der Waals surface area contributed by atoms with Crippen LogP contribution in [-0.4, -0.2) is 15.2 Å². The van der Waals surface area contributed by atoms with Crippen molar-refractivity contribution in [2.24, 2.45) is 0 Å². The van der Waals surface area contributed by atoms with E-state index in [1.165, 1.54) is 16.8 Å². The van der Waals surface area contributed by atoms with E-state index in [1.54, 1.807) is 6.20 Å². The van der Waals surface area contributed by atoms with Gasteiger partial charge in [0, 0.05) is 23.0 Å². The molecule has 2 aromatic heterocycles. The van der Waals surface area contributed by atoms with E-state index < -0.39 is 0 Å². The van der Waals surface area contributed by atoms with Gasteiger partial charge in [-0.2, -0.15) is 10.2 Å². The third kappa shape index (κ3) is 0.900. The highest BCUT2D eigenvalue weighted by molar-refractivity contribution is 5.70. The minimum atomic E-state index is 0.997. The van der Waals surface area contributed by atoms with Gasteiger partial charge in [-0.15, -0.1) is 0 Å². The first-order valence-corrected chi connectivity index (χ1v) is 4.42. The van der Waals surface area contributed by atoms with Crippen LogP contribution in [0.3, 0.4) is 0 Å². The second-order valence-corrected chi connectivity index (χ2v) is 3.26. The summed E-state index contributed by atoms with van der Waals surface area (Å²) in [5.74, 6) is 0. The van der Waals surface area contributed by atoms with Crippen LogP contribution in [0.15, 0.2) is 24.5 Å². The van der Waals surface area contributed by atoms with Gasteiger partial charge in [0.15, 0.2) is 0 Å². The molecule has 64 valence electrons. The molecule has 0 aliphatic heterocycles. The standard InChI is InChI=1S/C10H9N3/c1-2-10-8(4-6-12-13-10)7-3-5-11-9(1)7/h3-6,11H,1-2H2. The van der Waals surface area contributed by atoms with Crippen LogP contribution in [0.4, 0.5) is 0 Å². The minimum Gasteiger partial charge on any atom is -0.364 e. The molecule has 2 heterocycles. The van der Waals surface area contributed by atoms with Crippen molar-refractivity contribution < 1.29 is 0 Å². The predicted octanol–water partition coefficient (Wildman–Crippen LogP) is 1.57. The maximum Gasteiger partial charge on any atom is 0.0713 e. The zero-order valence-corrected chi connectivity index (χ0v) is 7.12. The first-order valence-electron chi connectivity index (χ1n) is 4.42. The van der Waals surface area contributed by atoms with Gasteiger partial charge in [0.25, 0.3) is 0 Å². The molecule has 0 saturated heterocycles. The lowest BCUT2D eigenvalue weighted by atomic mass is 9.95. The topological polar surface area (TPSA) is 41.6 Å². The molecule has 0 radical (unpaired) electrons. The molecule has 0 amide bonds. The van der Waals surface area contributed by atoms with Crippen LogP contribution < -0.4 is 0 Å². The summed E-state index contributed by atoms with van der Waals surface area (Å²) in [5, 5.41) is 8.03. The smallest absolute Gasteiger partial charge is 0.0713 e. The number of hydrogen-bond acceptors (Lipinski definition) is 2. The SMILES string of the molecule is c1cc2c(nn1)CCc1[nH]ccc1-2. The van der Waals surface area contributed by atoms with Crippen LogP contribution in [0.2, 0.25) is 0 Å². The summed E-state index contributed by atoms with van der Waals surface area (Å²) in [5.41, 5.74) is 4.96. The molecule has 0 bridgehead atoms. The van der Waals surface area contributed by atoms with Crippen molar-refractivity contribution in [1.82, 2.24) is 15.2 Å². The molecule has 0 unspecified atom stereocenters. The van der Waals surface area contributed by atoms with Crippen molar-refractivity contribution in [1.29, 1.82) is 0 Å². The Morgan fingerprint density at radius 3 is 3.15 bits per heavy atom. The second kappa shape index (κ2) is 2.42. The predicted molar refractivity (Wildman–Crippen MR) is 49.2 cm³/mol. The molecule has 1 aliphatic carbocycles. The average molecular weight is 171 g/mol. The minimum absolute atomic E-state index is 0.997. The third-order valence-electron chi connectivity index (χ3n) is 2.53. The number of hydrogen-bond donors (Lipinski definition) is 1. The number of fused-ring (bicyclic) bond motifs is 3. The molecule has 0 fully saturated rings. The van der Waals surface area contributed by atoms with Crippen molar-refractivity contribution in [2.45, 2.75) is 12.8 Å². The molecular weight excluding hydrogens is 162 g/mol. The molecule has 0 atom stereocenters. The lowest BCUT2D eigenvalue weighted by Crippen LogP contribution is -2.05. The number of aromatic nitrogens is 3. The van der Waals surface area contributed by atoms with Crippen molar-refractivity contribution in [3.05, 3.63) is 35.9 Å². The first kappa shape index (κ1) is 6.83. The van der Waals surface area contributed by atoms with Gasteiger partial charge < -0.3 is 4.98 Å². The molecule has 0 aromatic carbocycles. The Bertz CT molecular complexity index is 445. The zero-order chi connectivity index (χ0) is 8.67. The van der Waals surface area contributed by atoms with E-state index in [0.29, 0.717) is 0 Å². The summed E-state index contributed by atoms with van der Waals surface area (Å²) in [4.78, 5) is 3.25. The van der Waals surface area contributed by atoms with Gasteiger partial charge in [0.2, 0.25) is 0 Å². The quantitative estimate of drug-likeness (QED) is 0.653. The fourth-order valence-electron chi connectivity index (χ4n) is 1.90. The van der Waals surface area contributed by atoms with E-state index in [2.05, 4.69) is 21.2 Å².